The Morgan fingerprint density at radius 1 is 1.35 bits per heavy atom. The molecule has 1 aromatic rings. The van der Waals surface area contributed by atoms with Crippen molar-refractivity contribution in [1.82, 2.24) is 4.90 Å². The summed E-state index contributed by atoms with van der Waals surface area (Å²) in [5, 5.41) is 18.3. The molecule has 0 radical (unpaired) electrons. The Morgan fingerprint density at radius 3 is 2.65 bits per heavy atom. The van der Waals surface area contributed by atoms with Crippen LogP contribution in [0.2, 0.25) is 5.02 Å². The normalized spacial score (nSPS) is 15.9. The third-order valence-corrected chi connectivity index (χ3v) is 3.77. The molecule has 0 bridgehead atoms. The van der Waals surface area contributed by atoms with Crippen molar-refractivity contribution in [2.45, 2.75) is 6.42 Å². The Hall–Kier alpha value is -1.77. The van der Waals surface area contributed by atoms with E-state index in [-0.39, 0.29) is 6.42 Å². The van der Waals surface area contributed by atoms with Gasteiger partial charge in [-0.2, -0.15) is 5.26 Å². The Kier molecular flexibility index (Phi) is 4.83. The second kappa shape index (κ2) is 6.60. The lowest BCUT2D eigenvalue weighted by Gasteiger charge is -2.36. The van der Waals surface area contributed by atoms with Gasteiger partial charge in [0.1, 0.15) is 6.07 Å². The summed E-state index contributed by atoms with van der Waals surface area (Å²) >= 11 is 6.04. The van der Waals surface area contributed by atoms with Crippen molar-refractivity contribution in [3.05, 3.63) is 28.8 Å². The van der Waals surface area contributed by atoms with E-state index >= 15 is 0 Å². The van der Waals surface area contributed by atoms with Crippen LogP contribution in [0.15, 0.2) is 18.2 Å². The highest BCUT2D eigenvalue weighted by atomic mass is 35.5. The Labute approximate surface area is 123 Å². The molecule has 6 heteroatoms. The van der Waals surface area contributed by atoms with Crippen LogP contribution < -0.4 is 4.90 Å². The smallest absolute Gasteiger partial charge is 0.304 e. The molecule has 0 spiro atoms. The Morgan fingerprint density at radius 2 is 2.05 bits per heavy atom. The van der Waals surface area contributed by atoms with Crippen LogP contribution in [0, 0.1) is 11.3 Å². The van der Waals surface area contributed by atoms with E-state index in [9.17, 15) is 10.1 Å². The van der Waals surface area contributed by atoms with Crippen molar-refractivity contribution in [2.75, 3.05) is 37.6 Å². The van der Waals surface area contributed by atoms with Gasteiger partial charge < -0.3 is 10.0 Å². The number of halogens is 1. The van der Waals surface area contributed by atoms with Crippen LogP contribution in [0.5, 0.6) is 0 Å². The lowest BCUT2D eigenvalue weighted by atomic mass is 10.1. The van der Waals surface area contributed by atoms with Crippen LogP contribution in [-0.2, 0) is 4.79 Å². The van der Waals surface area contributed by atoms with Gasteiger partial charge in [-0.1, -0.05) is 17.7 Å². The third kappa shape index (κ3) is 3.41. The number of nitriles is 1. The van der Waals surface area contributed by atoms with Crippen molar-refractivity contribution in [2.24, 2.45) is 0 Å². The highest BCUT2D eigenvalue weighted by molar-refractivity contribution is 6.32. The summed E-state index contributed by atoms with van der Waals surface area (Å²) in [6.45, 7) is 3.71. The maximum absolute atomic E-state index is 10.6. The minimum absolute atomic E-state index is 0.167. The van der Waals surface area contributed by atoms with Crippen LogP contribution in [0.25, 0.3) is 0 Å². The van der Waals surface area contributed by atoms with Gasteiger partial charge in [0, 0.05) is 32.7 Å². The number of nitrogens with zero attached hydrogens (tertiary/aromatic N) is 3. The number of anilines is 1. The van der Waals surface area contributed by atoms with E-state index in [1.165, 1.54) is 0 Å². The molecule has 5 nitrogen and oxygen atoms in total. The van der Waals surface area contributed by atoms with Gasteiger partial charge in [0.2, 0.25) is 0 Å². The molecule has 106 valence electrons. The van der Waals surface area contributed by atoms with E-state index in [2.05, 4.69) is 15.9 Å². The van der Waals surface area contributed by atoms with E-state index < -0.39 is 5.97 Å². The zero-order chi connectivity index (χ0) is 14.5. The standard InChI is InChI=1S/C14H16ClN3O2/c15-12-2-1-3-13(11(12)10-16)18-8-6-17(7-9-18)5-4-14(19)20/h1-3H,4-9H2,(H,19,20). The number of carbonyl (C=O) groups is 1. The van der Waals surface area contributed by atoms with Crippen molar-refractivity contribution in [3.63, 3.8) is 0 Å². The predicted molar refractivity (Wildman–Crippen MR) is 77.1 cm³/mol. The molecule has 1 heterocycles. The number of aliphatic carboxylic acids is 1. The fourth-order valence-corrected chi connectivity index (χ4v) is 2.56. The molecular formula is C14H16ClN3O2. The summed E-state index contributed by atoms with van der Waals surface area (Å²) in [6.07, 6.45) is 0.167. The summed E-state index contributed by atoms with van der Waals surface area (Å²) in [6, 6.07) is 7.61. The van der Waals surface area contributed by atoms with E-state index in [0.29, 0.717) is 17.1 Å². The predicted octanol–water partition coefficient (Wildman–Crippen LogP) is 1.81. The summed E-state index contributed by atoms with van der Waals surface area (Å²) in [5.74, 6) is -0.769. The largest absolute Gasteiger partial charge is 0.481 e. The molecule has 0 amide bonds. The molecule has 0 atom stereocenters. The average Bonchev–Trinajstić information content (AvgIpc) is 2.45. The quantitative estimate of drug-likeness (QED) is 0.917. The molecule has 1 aliphatic heterocycles. The number of rotatable bonds is 4. The number of hydrogen-bond acceptors (Lipinski definition) is 4. The second-order valence-electron chi connectivity index (χ2n) is 4.72. The highest BCUT2D eigenvalue weighted by Crippen LogP contribution is 2.27. The fraction of sp³-hybridized carbons (Fsp3) is 0.429. The van der Waals surface area contributed by atoms with Crippen molar-refractivity contribution in [1.29, 1.82) is 5.26 Å². The minimum Gasteiger partial charge on any atom is -0.481 e. The minimum atomic E-state index is -0.769. The monoisotopic (exact) mass is 293 g/mol. The zero-order valence-electron chi connectivity index (χ0n) is 11.0. The third-order valence-electron chi connectivity index (χ3n) is 3.46. The van der Waals surface area contributed by atoms with Gasteiger partial charge in [-0.15, -0.1) is 0 Å². The summed E-state index contributed by atoms with van der Waals surface area (Å²) in [5.41, 5.74) is 1.37. The molecule has 2 rings (SSSR count). The number of piperazine rings is 1. The Bertz CT molecular complexity index is 534. The summed E-state index contributed by atoms with van der Waals surface area (Å²) in [4.78, 5) is 14.8. The molecule has 20 heavy (non-hydrogen) atoms. The van der Waals surface area contributed by atoms with E-state index in [0.717, 1.165) is 31.9 Å². The van der Waals surface area contributed by atoms with Gasteiger partial charge in [0.05, 0.1) is 22.7 Å². The van der Waals surface area contributed by atoms with E-state index in [1.54, 1.807) is 6.07 Å². The number of hydrogen-bond donors (Lipinski definition) is 1. The highest BCUT2D eigenvalue weighted by Gasteiger charge is 2.20. The molecule has 1 aromatic carbocycles. The topological polar surface area (TPSA) is 67.6 Å². The lowest BCUT2D eigenvalue weighted by molar-refractivity contribution is -0.137. The maximum atomic E-state index is 10.6. The van der Waals surface area contributed by atoms with Crippen LogP contribution in [0.4, 0.5) is 5.69 Å². The van der Waals surface area contributed by atoms with Crippen LogP contribution >= 0.6 is 11.6 Å². The summed E-state index contributed by atoms with van der Waals surface area (Å²) < 4.78 is 0. The Balaban J connectivity index is 1.99. The molecular weight excluding hydrogens is 278 g/mol. The van der Waals surface area contributed by atoms with Crippen LogP contribution in [0.1, 0.15) is 12.0 Å². The van der Waals surface area contributed by atoms with Crippen molar-refractivity contribution in [3.8, 4) is 6.07 Å². The van der Waals surface area contributed by atoms with Crippen LogP contribution in [0.3, 0.4) is 0 Å². The molecule has 0 saturated carbocycles. The first-order chi connectivity index (χ1) is 9.61. The molecule has 1 fully saturated rings. The first-order valence-electron chi connectivity index (χ1n) is 6.49. The molecule has 1 N–H and O–H groups in total. The first kappa shape index (κ1) is 14.6. The fourth-order valence-electron chi connectivity index (χ4n) is 2.35. The van der Waals surface area contributed by atoms with E-state index in [4.69, 9.17) is 16.7 Å². The van der Waals surface area contributed by atoms with Gasteiger partial charge in [-0.05, 0) is 12.1 Å². The SMILES string of the molecule is N#Cc1c(Cl)cccc1N1CCN(CCC(=O)O)CC1. The van der Waals surface area contributed by atoms with Crippen molar-refractivity contribution < 1.29 is 9.90 Å². The number of carboxylic acid groups (broad SMARTS) is 1. The maximum Gasteiger partial charge on any atom is 0.304 e. The van der Waals surface area contributed by atoms with Gasteiger partial charge in [-0.25, -0.2) is 0 Å². The molecule has 0 unspecified atom stereocenters. The van der Waals surface area contributed by atoms with Crippen molar-refractivity contribution >= 4 is 23.3 Å². The zero-order valence-corrected chi connectivity index (χ0v) is 11.8. The van der Waals surface area contributed by atoms with Gasteiger partial charge in [-0.3, -0.25) is 9.69 Å². The number of benzene rings is 1. The summed E-state index contributed by atoms with van der Waals surface area (Å²) in [7, 11) is 0. The average molecular weight is 294 g/mol. The van der Waals surface area contributed by atoms with Gasteiger partial charge >= 0.3 is 5.97 Å². The van der Waals surface area contributed by atoms with Gasteiger partial charge in [0.15, 0.2) is 0 Å². The lowest BCUT2D eigenvalue weighted by Crippen LogP contribution is -2.47. The number of carboxylic acids is 1. The molecule has 1 aliphatic rings. The molecule has 0 aromatic heterocycles. The second-order valence-corrected chi connectivity index (χ2v) is 5.13. The molecule has 1 saturated heterocycles. The van der Waals surface area contributed by atoms with Gasteiger partial charge in [0.25, 0.3) is 0 Å². The van der Waals surface area contributed by atoms with Crippen LogP contribution in [-0.4, -0.2) is 48.7 Å². The first-order valence-corrected chi connectivity index (χ1v) is 6.87. The molecule has 0 aliphatic carbocycles. The van der Waals surface area contributed by atoms with E-state index in [1.807, 2.05) is 12.1 Å².